The quantitative estimate of drug-likeness (QED) is 0.594. The highest BCUT2D eigenvalue weighted by atomic mass is 32.1. The van der Waals surface area contributed by atoms with Gasteiger partial charge in [-0.2, -0.15) is 0 Å². The van der Waals surface area contributed by atoms with Crippen LogP contribution in [0.5, 0.6) is 0 Å². The number of carboxylic acids is 1. The zero-order chi connectivity index (χ0) is 22.0. The van der Waals surface area contributed by atoms with E-state index in [0.29, 0.717) is 17.4 Å². The third kappa shape index (κ3) is 4.54. The zero-order valence-electron chi connectivity index (χ0n) is 16.9. The molecule has 0 aliphatic carbocycles. The molecule has 1 aliphatic heterocycles. The van der Waals surface area contributed by atoms with Gasteiger partial charge in [-0.05, 0) is 24.3 Å². The van der Waals surface area contributed by atoms with Crippen LogP contribution in [0.2, 0.25) is 0 Å². The van der Waals surface area contributed by atoms with E-state index in [-0.39, 0.29) is 30.9 Å². The Labute approximate surface area is 181 Å². The fraction of sp³-hybridized carbons (Fsp3) is 0.381. The average molecular weight is 447 g/mol. The number of carboxylic acid groups (broad SMARTS) is 1. The van der Waals surface area contributed by atoms with Crippen molar-refractivity contribution >= 4 is 33.9 Å². The molecule has 1 saturated heterocycles. The minimum absolute atomic E-state index is 0.0258. The van der Waals surface area contributed by atoms with E-state index in [0.717, 1.165) is 31.9 Å². The molecule has 4 rings (SSSR count). The second kappa shape index (κ2) is 9.03. The molecule has 1 fully saturated rings. The molecule has 0 amide bonds. The number of aryl methyl sites for hydroxylation is 1. The normalized spacial score (nSPS) is 14.9. The number of hydrogen-bond donors (Lipinski definition) is 1. The molecule has 1 aliphatic rings. The van der Waals surface area contributed by atoms with E-state index < -0.39 is 11.7 Å². The summed E-state index contributed by atoms with van der Waals surface area (Å²) >= 11 is 1.32. The predicted molar refractivity (Wildman–Crippen MR) is 118 cm³/mol. The topological polar surface area (TPSA) is 87.8 Å². The molecular formula is C21H23FN4O4S. The predicted octanol–water partition coefficient (Wildman–Crippen LogP) is 1.66. The van der Waals surface area contributed by atoms with Crippen molar-refractivity contribution in [1.29, 1.82) is 0 Å². The van der Waals surface area contributed by atoms with Crippen LogP contribution in [0.15, 0.2) is 44.6 Å². The molecule has 1 N–H and O–H groups in total. The Balaban J connectivity index is 1.46. The summed E-state index contributed by atoms with van der Waals surface area (Å²) in [7, 11) is 0. The highest BCUT2D eigenvalue weighted by Crippen LogP contribution is 2.17. The number of hydrogen-bond acceptors (Lipinski definition) is 6. The van der Waals surface area contributed by atoms with Crippen LogP contribution in [0.25, 0.3) is 10.9 Å². The first-order valence-corrected chi connectivity index (χ1v) is 11.0. The number of halogens is 1. The second-order valence-electron chi connectivity index (χ2n) is 7.51. The fourth-order valence-corrected chi connectivity index (χ4v) is 4.69. The van der Waals surface area contributed by atoms with Crippen LogP contribution < -0.4 is 16.1 Å². The highest BCUT2D eigenvalue weighted by Gasteiger charge is 2.19. The number of rotatable bonds is 7. The molecule has 2 aromatic heterocycles. The van der Waals surface area contributed by atoms with Gasteiger partial charge < -0.3 is 10.0 Å². The molecule has 3 heterocycles. The van der Waals surface area contributed by atoms with E-state index in [2.05, 4.69) is 9.80 Å². The Bertz CT molecular complexity index is 1190. The van der Waals surface area contributed by atoms with Crippen LogP contribution in [0.4, 0.5) is 10.1 Å². The van der Waals surface area contributed by atoms with Gasteiger partial charge in [-0.15, -0.1) is 11.3 Å². The van der Waals surface area contributed by atoms with Crippen molar-refractivity contribution in [1.82, 2.24) is 14.0 Å². The van der Waals surface area contributed by atoms with Crippen LogP contribution >= 0.6 is 11.3 Å². The summed E-state index contributed by atoms with van der Waals surface area (Å²) in [5.41, 5.74) is 0.659. The molecule has 10 heteroatoms. The fourth-order valence-electron chi connectivity index (χ4n) is 3.88. The molecule has 0 atom stereocenters. The van der Waals surface area contributed by atoms with Crippen molar-refractivity contribution in [2.24, 2.45) is 0 Å². The summed E-state index contributed by atoms with van der Waals surface area (Å²) in [6.45, 7) is 3.88. The number of anilines is 1. The lowest BCUT2D eigenvalue weighted by Gasteiger charge is -2.36. The van der Waals surface area contributed by atoms with Gasteiger partial charge in [0.1, 0.15) is 5.82 Å². The molecule has 31 heavy (non-hydrogen) atoms. The van der Waals surface area contributed by atoms with Gasteiger partial charge in [0.15, 0.2) is 0 Å². The Morgan fingerprint density at radius 2 is 1.68 bits per heavy atom. The van der Waals surface area contributed by atoms with Gasteiger partial charge in [0.25, 0.3) is 5.56 Å². The molecule has 0 spiro atoms. The third-order valence-corrected chi connectivity index (χ3v) is 6.35. The number of fused-ring (bicyclic) bond motifs is 1. The van der Waals surface area contributed by atoms with E-state index in [4.69, 9.17) is 5.11 Å². The first-order valence-electron chi connectivity index (χ1n) is 10.1. The molecule has 0 bridgehead atoms. The van der Waals surface area contributed by atoms with Crippen molar-refractivity contribution in [3.05, 3.63) is 61.7 Å². The Morgan fingerprint density at radius 3 is 2.35 bits per heavy atom. The first-order chi connectivity index (χ1) is 14.9. The lowest BCUT2D eigenvalue weighted by Crippen LogP contribution is -2.49. The van der Waals surface area contributed by atoms with Crippen molar-refractivity contribution in [3.63, 3.8) is 0 Å². The van der Waals surface area contributed by atoms with Gasteiger partial charge >= 0.3 is 11.7 Å². The molecule has 1 aromatic carbocycles. The van der Waals surface area contributed by atoms with Gasteiger partial charge in [0.05, 0.1) is 17.3 Å². The first kappa shape index (κ1) is 21.3. The maximum atomic E-state index is 13.1. The molecular weight excluding hydrogens is 423 g/mol. The molecule has 164 valence electrons. The minimum Gasteiger partial charge on any atom is -0.481 e. The van der Waals surface area contributed by atoms with Gasteiger partial charge in [0, 0.05) is 62.3 Å². The SMILES string of the molecule is O=C(O)CCn1c(=O)n(CCN2CCN(c3ccc(F)cc3)CC2)c(=O)c2cscc21. The van der Waals surface area contributed by atoms with E-state index in [1.165, 1.54) is 32.6 Å². The van der Waals surface area contributed by atoms with Crippen molar-refractivity contribution in [2.45, 2.75) is 19.5 Å². The molecule has 0 saturated carbocycles. The summed E-state index contributed by atoms with van der Waals surface area (Å²) in [6, 6.07) is 6.43. The third-order valence-electron chi connectivity index (χ3n) is 5.62. The van der Waals surface area contributed by atoms with Crippen LogP contribution in [0.3, 0.4) is 0 Å². The monoisotopic (exact) mass is 446 g/mol. The van der Waals surface area contributed by atoms with Crippen LogP contribution in [-0.4, -0.2) is 57.8 Å². The van der Waals surface area contributed by atoms with Crippen molar-refractivity contribution in [3.8, 4) is 0 Å². The minimum atomic E-state index is -0.993. The van der Waals surface area contributed by atoms with Gasteiger partial charge in [0.2, 0.25) is 0 Å². The smallest absolute Gasteiger partial charge is 0.331 e. The van der Waals surface area contributed by atoms with Crippen LogP contribution in [0, 0.1) is 5.82 Å². The van der Waals surface area contributed by atoms with Gasteiger partial charge in [-0.25, -0.2) is 9.18 Å². The summed E-state index contributed by atoms with van der Waals surface area (Å²) in [5, 5.41) is 12.8. The lowest BCUT2D eigenvalue weighted by atomic mass is 10.2. The summed E-state index contributed by atoms with van der Waals surface area (Å²) in [4.78, 5) is 41.1. The molecule has 3 aromatic rings. The number of benzene rings is 1. The summed E-state index contributed by atoms with van der Waals surface area (Å²) in [5.74, 6) is -1.25. The summed E-state index contributed by atoms with van der Waals surface area (Å²) < 4.78 is 15.7. The Morgan fingerprint density at radius 1 is 0.968 bits per heavy atom. The number of piperazine rings is 1. The average Bonchev–Trinajstić information content (AvgIpc) is 3.24. The van der Waals surface area contributed by atoms with E-state index in [9.17, 15) is 18.8 Å². The zero-order valence-corrected chi connectivity index (χ0v) is 17.7. The van der Waals surface area contributed by atoms with Gasteiger partial charge in [-0.3, -0.25) is 23.6 Å². The van der Waals surface area contributed by atoms with E-state index in [1.54, 1.807) is 22.9 Å². The lowest BCUT2D eigenvalue weighted by molar-refractivity contribution is -0.137. The maximum absolute atomic E-state index is 13.1. The number of aliphatic carboxylic acids is 1. The number of thiophene rings is 1. The van der Waals surface area contributed by atoms with Crippen molar-refractivity contribution < 1.29 is 14.3 Å². The summed E-state index contributed by atoms with van der Waals surface area (Å²) in [6.07, 6.45) is -0.186. The van der Waals surface area contributed by atoms with E-state index in [1.807, 2.05) is 0 Å². The van der Waals surface area contributed by atoms with Crippen molar-refractivity contribution in [2.75, 3.05) is 37.6 Å². The maximum Gasteiger partial charge on any atom is 0.331 e. The Kier molecular flexibility index (Phi) is 6.19. The molecule has 0 unspecified atom stereocenters. The molecule has 0 radical (unpaired) electrons. The molecule has 8 nitrogen and oxygen atoms in total. The largest absolute Gasteiger partial charge is 0.481 e. The standard InChI is InChI=1S/C21H23FN4O4S/c22-15-1-3-16(4-2-15)24-10-7-23(8-11-24)9-12-26-20(29)17-13-31-14-18(17)25(21(26)30)6-5-19(27)28/h1-4,13-14H,5-12H2,(H,27,28). The van der Waals surface area contributed by atoms with E-state index >= 15 is 0 Å². The number of nitrogens with zero attached hydrogens (tertiary/aromatic N) is 4. The van der Waals surface area contributed by atoms with Crippen LogP contribution in [0.1, 0.15) is 6.42 Å². The highest BCUT2D eigenvalue weighted by molar-refractivity contribution is 7.09. The second-order valence-corrected chi connectivity index (χ2v) is 8.25. The number of carbonyl (C=O) groups is 1. The Hall–Kier alpha value is -2.98. The van der Waals surface area contributed by atoms with Gasteiger partial charge in [-0.1, -0.05) is 0 Å². The number of aromatic nitrogens is 2. The van der Waals surface area contributed by atoms with Crippen LogP contribution in [-0.2, 0) is 17.9 Å².